The van der Waals surface area contributed by atoms with E-state index < -0.39 is 0 Å². The molecule has 0 unspecified atom stereocenters. The molecular weight excluding hydrogens is 238 g/mol. The van der Waals surface area contributed by atoms with Crippen molar-refractivity contribution < 1.29 is 0 Å². The zero-order chi connectivity index (χ0) is 12.6. The van der Waals surface area contributed by atoms with E-state index in [9.17, 15) is 0 Å². The maximum Gasteiger partial charge on any atom is 0.0812 e. The second kappa shape index (κ2) is 7.52. The Kier molecular flexibility index (Phi) is 5.66. The zero-order valence-electron chi connectivity index (χ0n) is 11.3. The van der Waals surface area contributed by atoms with Gasteiger partial charge in [-0.25, -0.2) is 4.98 Å². The van der Waals surface area contributed by atoms with E-state index in [2.05, 4.69) is 30.1 Å². The third kappa shape index (κ3) is 4.09. The molecule has 0 saturated carbocycles. The van der Waals surface area contributed by atoms with E-state index in [0.29, 0.717) is 0 Å². The summed E-state index contributed by atoms with van der Waals surface area (Å²) in [4.78, 5) is 4.32. The quantitative estimate of drug-likeness (QED) is 0.564. The Labute approximate surface area is 114 Å². The predicted octanol–water partition coefficient (Wildman–Crippen LogP) is 5.59. The standard InChI is InChI=1S/C16H23NS/c1-2-3-4-5-6-7-8-9-14-10-11-15-16(12-14)18-13-17-15/h10-13H,2-9H2,1H3. The number of benzene rings is 1. The van der Waals surface area contributed by atoms with Crippen LogP contribution in [0.3, 0.4) is 0 Å². The van der Waals surface area contributed by atoms with Gasteiger partial charge in [0.05, 0.1) is 15.7 Å². The van der Waals surface area contributed by atoms with Crippen molar-refractivity contribution >= 4 is 21.6 Å². The molecule has 1 aromatic carbocycles. The predicted molar refractivity (Wildman–Crippen MR) is 81.3 cm³/mol. The zero-order valence-corrected chi connectivity index (χ0v) is 12.1. The molecule has 1 heterocycles. The molecule has 1 nitrogen and oxygen atoms in total. The summed E-state index contributed by atoms with van der Waals surface area (Å²) in [5.41, 5.74) is 4.55. The van der Waals surface area contributed by atoms with Crippen LogP contribution in [0.1, 0.15) is 57.4 Å². The van der Waals surface area contributed by atoms with Crippen LogP contribution in [0.5, 0.6) is 0 Å². The molecule has 18 heavy (non-hydrogen) atoms. The van der Waals surface area contributed by atoms with Gasteiger partial charge in [0.25, 0.3) is 0 Å². The Balaban J connectivity index is 1.67. The molecule has 0 radical (unpaired) electrons. The van der Waals surface area contributed by atoms with Crippen molar-refractivity contribution in [1.29, 1.82) is 0 Å². The first-order chi connectivity index (χ1) is 8.90. The molecule has 0 amide bonds. The Morgan fingerprint density at radius 3 is 2.61 bits per heavy atom. The summed E-state index contributed by atoms with van der Waals surface area (Å²) in [5.74, 6) is 0. The number of aryl methyl sites for hydroxylation is 1. The summed E-state index contributed by atoms with van der Waals surface area (Å²) < 4.78 is 1.33. The van der Waals surface area contributed by atoms with Gasteiger partial charge in [0.2, 0.25) is 0 Å². The highest BCUT2D eigenvalue weighted by Gasteiger charge is 1.99. The van der Waals surface area contributed by atoms with Gasteiger partial charge in [0, 0.05) is 0 Å². The highest BCUT2D eigenvalue weighted by molar-refractivity contribution is 7.16. The molecule has 2 heteroatoms. The third-order valence-electron chi connectivity index (χ3n) is 3.46. The summed E-state index contributed by atoms with van der Waals surface area (Å²) >= 11 is 1.74. The summed E-state index contributed by atoms with van der Waals surface area (Å²) in [6.07, 6.45) is 10.9. The maximum atomic E-state index is 4.32. The van der Waals surface area contributed by atoms with Crippen molar-refractivity contribution in [2.45, 2.75) is 58.3 Å². The molecule has 0 fully saturated rings. The van der Waals surface area contributed by atoms with Gasteiger partial charge in [-0.2, -0.15) is 0 Å². The van der Waals surface area contributed by atoms with E-state index in [1.165, 1.54) is 61.6 Å². The smallest absolute Gasteiger partial charge is 0.0812 e. The first kappa shape index (κ1) is 13.5. The average molecular weight is 261 g/mol. The number of aromatic nitrogens is 1. The van der Waals surface area contributed by atoms with Crippen molar-refractivity contribution in [2.75, 3.05) is 0 Å². The van der Waals surface area contributed by atoms with Crippen LogP contribution in [-0.4, -0.2) is 4.98 Å². The summed E-state index contributed by atoms with van der Waals surface area (Å²) in [6, 6.07) is 6.70. The Morgan fingerprint density at radius 2 is 1.78 bits per heavy atom. The lowest BCUT2D eigenvalue weighted by atomic mass is 10.0. The molecule has 0 aliphatic rings. The van der Waals surface area contributed by atoms with Crippen molar-refractivity contribution in [3.05, 3.63) is 29.3 Å². The summed E-state index contributed by atoms with van der Waals surface area (Å²) in [5, 5.41) is 0. The molecule has 1 aromatic heterocycles. The monoisotopic (exact) mass is 261 g/mol. The molecule has 0 N–H and O–H groups in total. The Morgan fingerprint density at radius 1 is 1.00 bits per heavy atom. The van der Waals surface area contributed by atoms with E-state index in [1.807, 2.05) is 5.51 Å². The van der Waals surface area contributed by atoms with Crippen molar-refractivity contribution in [3.63, 3.8) is 0 Å². The van der Waals surface area contributed by atoms with E-state index in [0.717, 1.165) is 5.52 Å². The molecule has 0 aliphatic heterocycles. The average Bonchev–Trinajstić information content (AvgIpc) is 2.85. The Hall–Kier alpha value is -0.890. The van der Waals surface area contributed by atoms with Crippen LogP contribution in [0.25, 0.3) is 10.2 Å². The van der Waals surface area contributed by atoms with Gasteiger partial charge in [0.1, 0.15) is 0 Å². The molecule has 98 valence electrons. The van der Waals surface area contributed by atoms with Crippen LogP contribution in [0.15, 0.2) is 23.7 Å². The summed E-state index contributed by atoms with van der Waals surface area (Å²) in [7, 11) is 0. The Bertz CT molecular complexity index is 461. The van der Waals surface area contributed by atoms with Crippen LogP contribution in [0.4, 0.5) is 0 Å². The molecule has 0 aliphatic carbocycles. The van der Waals surface area contributed by atoms with Gasteiger partial charge in [-0.1, -0.05) is 51.5 Å². The molecule has 0 spiro atoms. The lowest BCUT2D eigenvalue weighted by Gasteiger charge is -2.02. The van der Waals surface area contributed by atoms with Gasteiger partial charge >= 0.3 is 0 Å². The second-order valence-electron chi connectivity index (χ2n) is 5.03. The molecule has 2 aromatic rings. The molecular formula is C16H23NS. The minimum atomic E-state index is 1.14. The number of nitrogens with zero attached hydrogens (tertiary/aromatic N) is 1. The maximum absolute atomic E-state index is 4.32. The number of thiazole rings is 1. The topological polar surface area (TPSA) is 12.9 Å². The fourth-order valence-electron chi connectivity index (χ4n) is 2.34. The molecule has 0 saturated heterocycles. The van der Waals surface area contributed by atoms with Crippen LogP contribution in [0.2, 0.25) is 0 Å². The second-order valence-corrected chi connectivity index (χ2v) is 5.91. The highest BCUT2D eigenvalue weighted by Crippen LogP contribution is 2.20. The SMILES string of the molecule is CCCCCCCCCc1ccc2ncsc2c1. The number of unbranched alkanes of at least 4 members (excludes halogenated alkanes) is 6. The lowest BCUT2D eigenvalue weighted by Crippen LogP contribution is -1.86. The highest BCUT2D eigenvalue weighted by atomic mass is 32.1. The van der Waals surface area contributed by atoms with Gasteiger partial charge in [0.15, 0.2) is 0 Å². The van der Waals surface area contributed by atoms with E-state index in [4.69, 9.17) is 0 Å². The van der Waals surface area contributed by atoms with Gasteiger partial charge < -0.3 is 0 Å². The van der Waals surface area contributed by atoms with Crippen LogP contribution in [-0.2, 0) is 6.42 Å². The minimum absolute atomic E-state index is 1.14. The van der Waals surface area contributed by atoms with Crippen LogP contribution >= 0.6 is 11.3 Å². The van der Waals surface area contributed by atoms with Crippen LogP contribution < -0.4 is 0 Å². The minimum Gasteiger partial charge on any atom is -0.245 e. The summed E-state index contributed by atoms with van der Waals surface area (Å²) in [6.45, 7) is 2.27. The molecule has 0 atom stereocenters. The van der Waals surface area contributed by atoms with Gasteiger partial charge in [-0.15, -0.1) is 11.3 Å². The fraction of sp³-hybridized carbons (Fsp3) is 0.562. The van der Waals surface area contributed by atoms with E-state index in [-0.39, 0.29) is 0 Å². The van der Waals surface area contributed by atoms with E-state index >= 15 is 0 Å². The number of hydrogen-bond donors (Lipinski definition) is 0. The number of rotatable bonds is 8. The van der Waals surface area contributed by atoms with E-state index in [1.54, 1.807) is 11.3 Å². The van der Waals surface area contributed by atoms with Crippen molar-refractivity contribution in [3.8, 4) is 0 Å². The van der Waals surface area contributed by atoms with Crippen LogP contribution in [0, 0.1) is 0 Å². The molecule has 2 rings (SSSR count). The third-order valence-corrected chi connectivity index (χ3v) is 4.26. The van der Waals surface area contributed by atoms with Gasteiger partial charge in [-0.05, 0) is 30.5 Å². The fourth-order valence-corrected chi connectivity index (χ4v) is 3.08. The normalized spacial score (nSPS) is 11.2. The van der Waals surface area contributed by atoms with Gasteiger partial charge in [-0.3, -0.25) is 0 Å². The first-order valence-electron chi connectivity index (χ1n) is 7.22. The number of hydrogen-bond acceptors (Lipinski definition) is 2. The van der Waals surface area contributed by atoms with Crippen molar-refractivity contribution in [2.24, 2.45) is 0 Å². The molecule has 0 bridgehead atoms. The largest absolute Gasteiger partial charge is 0.245 e. The lowest BCUT2D eigenvalue weighted by molar-refractivity contribution is 0.589. The first-order valence-corrected chi connectivity index (χ1v) is 8.10. The number of fused-ring (bicyclic) bond motifs is 1. The van der Waals surface area contributed by atoms with Crippen molar-refractivity contribution in [1.82, 2.24) is 4.98 Å².